The van der Waals surface area contributed by atoms with Crippen molar-refractivity contribution in [3.63, 3.8) is 0 Å². The monoisotopic (exact) mass is 477 g/mol. The second-order valence-corrected chi connectivity index (χ2v) is 9.92. The average molecular weight is 478 g/mol. The topological polar surface area (TPSA) is 106 Å². The summed E-state index contributed by atoms with van der Waals surface area (Å²) in [6.07, 6.45) is 3.13. The molecular weight excluding hydrogens is 454 g/mol. The summed E-state index contributed by atoms with van der Waals surface area (Å²) < 4.78 is 33.8. The van der Waals surface area contributed by atoms with Crippen molar-refractivity contribution in [2.45, 2.75) is 11.8 Å². The Morgan fingerprint density at radius 1 is 1.00 bits per heavy atom. The fourth-order valence-corrected chi connectivity index (χ4v) is 5.25. The molecule has 0 bridgehead atoms. The van der Waals surface area contributed by atoms with E-state index in [1.165, 1.54) is 22.6 Å². The number of hydrogen-bond donors (Lipinski definition) is 1. The Labute approximate surface area is 197 Å². The first-order valence-electron chi connectivity index (χ1n) is 10.8. The summed E-state index contributed by atoms with van der Waals surface area (Å²) in [4.78, 5) is 17.5. The smallest absolute Gasteiger partial charge is 0.261 e. The molecule has 1 N–H and O–H groups in total. The van der Waals surface area contributed by atoms with E-state index in [1.807, 2.05) is 37.3 Å². The number of sulfonamides is 1. The van der Waals surface area contributed by atoms with Crippen LogP contribution in [-0.2, 0) is 14.8 Å². The van der Waals surface area contributed by atoms with Crippen molar-refractivity contribution in [1.82, 2.24) is 18.9 Å². The number of nitrogens with one attached hydrogen (secondary N) is 1. The first-order chi connectivity index (χ1) is 16.4. The first-order valence-corrected chi connectivity index (χ1v) is 12.3. The average Bonchev–Trinajstić information content (AvgIpc) is 3.30. The SMILES string of the molecule is Cc1ccc(-c2ccnc3c(C(=O)Nc4ccc(S(=O)(=O)N5CCOCC5)cc4)cnn23)cc1. The molecule has 10 heteroatoms. The molecule has 3 heterocycles. The van der Waals surface area contributed by atoms with Gasteiger partial charge in [-0.05, 0) is 37.3 Å². The molecule has 174 valence electrons. The van der Waals surface area contributed by atoms with Crippen LogP contribution in [0.1, 0.15) is 15.9 Å². The summed E-state index contributed by atoms with van der Waals surface area (Å²) in [6, 6.07) is 16.0. The number of benzene rings is 2. The van der Waals surface area contributed by atoms with E-state index in [9.17, 15) is 13.2 Å². The lowest BCUT2D eigenvalue weighted by molar-refractivity contribution is 0.0730. The van der Waals surface area contributed by atoms with E-state index in [2.05, 4.69) is 15.4 Å². The Bertz CT molecular complexity index is 1440. The molecule has 2 aromatic carbocycles. The van der Waals surface area contributed by atoms with E-state index in [0.717, 1.165) is 16.8 Å². The highest BCUT2D eigenvalue weighted by Crippen LogP contribution is 2.23. The van der Waals surface area contributed by atoms with Crippen LogP contribution in [0.4, 0.5) is 5.69 Å². The predicted octanol–water partition coefficient (Wildman–Crippen LogP) is 2.98. The number of aromatic nitrogens is 3. The molecule has 0 spiro atoms. The Morgan fingerprint density at radius 3 is 2.41 bits per heavy atom. The van der Waals surface area contributed by atoms with Gasteiger partial charge in [-0.3, -0.25) is 4.79 Å². The van der Waals surface area contributed by atoms with Crippen LogP contribution >= 0.6 is 0 Å². The number of fused-ring (bicyclic) bond motifs is 1. The molecule has 0 radical (unpaired) electrons. The van der Waals surface area contributed by atoms with Gasteiger partial charge in [0.1, 0.15) is 5.56 Å². The normalized spacial score (nSPS) is 14.9. The summed E-state index contributed by atoms with van der Waals surface area (Å²) in [5.41, 5.74) is 4.16. The Balaban J connectivity index is 1.37. The maximum atomic E-state index is 13.0. The number of nitrogens with zero attached hydrogens (tertiary/aromatic N) is 4. The van der Waals surface area contributed by atoms with Gasteiger partial charge in [-0.2, -0.15) is 9.40 Å². The molecule has 1 aliphatic rings. The number of carbonyl (C=O) groups excluding carboxylic acids is 1. The number of rotatable bonds is 5. The van der Waals surface area contributed by atoms with Crippen LogP contribution in [0.3, 0.4) is 0 Å². The lowest BCUT2D eigenvalue weighted by atomic mass is 10.1. The number of carbonyl (C=O) groups is 1. The minimum atomic E-state index is -3.60. The lowest BCUT2D eigenvalue weighted by Gasteiger charge is -2.26. The minimum Gasteiger partial charge on any atom is -0.379 e. The van der Waals surface area contributed by atoms with E-state index in [1.54, 1.807) is 22.8 Å². The molecule has 1 saturated heterocycles. The molecule has 0 atom stereocenters. The van der Waals surface area contributed by atoms with Crippen LogP contribution < -0.4 is 5.32 Å². The summed E-state index contributed by atoms with van der Waals surface area (Å²) >= 11 is 0. The van der Waals surface area contributed by atoms with Gasteiger partial charge in [-0.1, -0.05) is 29.8 Å². The highest BCUT2D eigenvalue weighted by atomic mass is 32.2. The molecule has 1 fully saturated rings. The van der Waals surface area contributed by atoms with Crippen molar-refractivity contribution >= 4 is 27.3 Å². The summed E-state index contributed by atoms with van der Waals surface area (Å²) in [5.74, 6) is -0.382. The number of aryl methyl sites for hydroxylation is 1. The van der Waals surface area contributed by atoms with Gasteiger partial charge in [-0.15, -0.1) is 0 Å². The second-order valence-electron chi connectivity index (χ2n) is 7.98. The van der Waals surface area contributed by atoms with Crippen molar-refractivity contribution < 1.29 is 17.9 Å². The molecule has 0 aliphatic carbocycles. The van der Waals surface area contributed by atoms with Gasteiger partial charge in [0.05, 0.1) is 30.0 Å². The molecule has 9 nitrogen and oxygen atoms in total. The van der Waals surface area contributed by atoms with Crippen LogP contribution in [0.25, 0.3) is 16.9 Å². The second kappa shape index (κ2) is 8.98. The molecule has 0 saturated carbocycles. The van der Waals surface area contributed by atoms with Crippen LogP contribution in [0, 0.1) is 6.92 Å². The van der Waals surface area contributed by atoms with Gasteiger partial charge in [0.15, 0.2) is 5.65 Å². The van der Waals surface area contributed by atoms with Crippen molar-refractivity contribution in [1.29, 1.82) is 0 Å². The molecule has 1 aliphatic heterocycles. The predicted molar refractivity (Wildman–Crippen MR) is 127 cm³/mol. The van der Waals surface area contributed by atoms with Crippen LogP contribution in [-0.4, -0.2) is 59.5 Å². The quantitative estimate of drug-likeness (QED) is 0.474. The third kappa shape index (κ3) is 4.18. The fraction of sp³-hybridized carbons (Fsp3) is 0.208. The highest BCUT2D eigenvalue weighted by Gasteiger charge is 2.26. The zero-order valence-corrected chi connectivity index (χ0v) is 19.3. The first kappa shape index (κ1) is 22.2. The minimum absolute atomic E-state index is 0.174. The number of hydrogen-bond acceptors (Lipinski definition) is 6. The molecule has 2 aromatic heterocycles. The van der Waals surface area contributed by atoms with Gasteiger partial charge in [0.25, 0.3) is 5.91 Å². The number of morpholine rings is 1. The molecule has 1 amide bonds. The van der Waals surface area contributed by atoms with Crippen molar-refractivity contribution in [3.8, 4) is 11.3 Å². The fourth-order valence-electron chi connectivity index (χ4n) is 3.84. The van der Waals surface area contributed by atoms with Crippen LogP contribution in [0.2, 0.25) is 0 Å². The highest BCUT2D eigenvalue weighted by molar-refractivity contribution is 7.89. The third-order valence-electron chi connectivity index (χ3n) is 5.71. The maximum Gasteiger partial charge on any atom is 0.261 e. The van der Waals surface area contributed by atoms with Crippen molar-refractivity contribution in [2.75, 3.05) is 31.6 Å². The van der Waals surface area contributed by atoms with Gasteiger partial charge in [0, 0.05) is 30.5 Å². The summed E-state index contributed by atoms with van der Waals surface area (Å²) in [6.45, 7) is 3.44. The number of amides is 1. The van der Waals surface area contributed by atoms with Gasteiger partial charge >= 0.3 is 0 Å². The van der Waals surface area contributed by atoms with Crippen molar-refractivity contribution in [2.24, 2.45) is 0 Å². The van der Waals surface area contributed by atoms with Gasteiger partial charge < -0.3 is 10.1 Å². The van der Waals surface area contributed by atoms with E-state index in [0.29, 0.717) is 43.2 Å². The number of ether oxygens (including phenoxy) is 1. The Kier molecular flexibility index (Phi) is 5.86. The third-order valence-corrected chi connectivity index (χ3v) is 7.63. The van der Waals surface area contributed by atoms with E-state index in [4.69, 9.17) is 4.74 Å². The standard InChI is InChI=1S/C24H23N5O4S/c1-17-2-4-18(5-3-17)22-10-11-25-23-21(16-26-29(22)23)24(30)27-19-6-8-20(9-7-19)34(31,32)28-12-14-33-15-13-28/h2-11,16H,12-15H2,1H3,(H,27,30). The zero-order chi connectivity index (χ0) is 23.7. The summed E-state index contributed by atoms with van der Waals surface area (Å²) in [7, 11) is -3.60. The van der Waals surface area contributed by atoms with Gasteiger partial charge in [0.2, 0.25) is 10.0 Å². The molecular formula is C24H23N5O4S. The van der Waals surface area contributed by atoms with E-state index < -0.39 is 10.0 Å². The van der Waals surface area contributed by atoms with Crippen molar-refractivity contribution in [3.05, 3.63) is 78.1 Å². The van der Waals surface area contributed by atoms with Gasteiger partial charge in [-0.25, -0.2) is 17.9 Å². The maximum absolute atomic E-state index is 13.0. The zero-order valence-electron chi connectivity index (χ0n) is 18.5. The van der Waals surface area contributed by atoms with Crippen LogP contribution in [0.5, 0.6) is 0 Å². The van der Waals surface area contributed by atoms with E-state index >= 15 is 0 Å². The number of anilines is 1. The Hall–Kier alpha value is -3.60. The summed E-state index contributed by atoms with van der Waals surface area (Å²) in [5, 5.41) is 7.18. The molecule has 0 unspecified atom stereocenters. The Morgan fingerprint density at radius 2 is 1.71 bits per heavy atom. The van der Waals surface area contributed by atoms with E-state index in [-0.39, 0.29) is 10.8 Å². The molecule has 5 rings (SSSR count). The lowest BCUT2D eigenvalue weighted by Crippen LogP contribution is -2.40. The molecule has 34 heavy (non-hydrogen) atoms. The van der Waals surface area contributed by atoms with Crippen LogP contribution in [0.15, 0.2) is 71.9 Å². The largest absolute Gasteiger partial charge is 0.379 e. The molecule has 4 aromatic rings.